The molecule has 2 amide bonds. The summed E-state index contributed by atoms with van der Waals surface area (Å²) in [5.74, 6) is -0.119. The maximum Gasteiger partial charge on any atom is 0.251 e. The van der Waals surface area contributed by atoms with Crippen molar-refractivity contribution >= 4 is 23.2 Å². The number of nitrogens with one attached hydrogen (secondary N) is 2. The molecule has 0 bridgehead atoms. The van der Waals surface area contributed by atoms with Crippen molar-refractivity contribution in [2.45, 2.75) is 53.1 Å². The second-order valence-electron chi connectivity index (χ2n) is 7.15. The van der Waals surface area contributed by atoms with Crippen LogP contribution in [-0.4, -0.2) is 24.4 Å². The van der Waals surface area contributed by atoms with Gasteiger partial charge >= 0.3 is 0 Å². The van der Waals surface area contributed by atoms with Gasteiger partial charge in [0.25, 0.3) is 5.91 Å². The minimum Gasteiger partial charge on any atom is -0.369 e. The van der Waals surface area contributed by atoms with Gasteiger partial charge in [-0.05, 0) is 69.7 Å². The molecule has 0 aliphatic heterocycles. The summed E-state index contributed by atoms with van der Waals surface area (Å²) in [6.07, 6.45) is 0.445. The molecule has 0 aliphatic rings. The topological polar surface area (TPSA) is 61.4 Å². The van der Waals surface area contributed by atoms with Crippen LogP contribution in [0, 0.1) is 0 Å². The van der Waals surface area contributed by atoms with Gasteiger partial charge in [-0.3, -0.25) is 9.59 Å². The van der Waals surface area contributed by atoms with E-state index in [0.717, 1.165) is 23.5 Å². The standard InChI is InChI=1S/C23H31N3O2/c1-6-22(27)25-20-12-8-18(9-13-20)17(5)24-23(28)19-10-14-21(15-11-19)26(7-2)16(3)4/h8-17H,6-7H2,1-5H3,(H,24,28)(H,25,27). The molecule has 28 heavy (non-hydrogen) atoms. The van der Waals surface area contributed by atoms with Crippen LogP contribution < -0.4 is 15.5 Å². The van der Waals surface area contributed by atoms with Crippen LogP contribution in [0.4, 0.5) is 11.4 Å². The van der Waals surface area contributed by atoms with Gasteiger partial charge in [0.05, 0.1) is 6.04 Å². The van der Waals surface area contributed by atoms with Gasteiger partial charge in [-0.1, -0.05) is 19.1 Å². The summed E-state index contributed by atoms with van der Waals surface area (Å²) in [5, 5.41) is 5.85. The molecule has 0 saturated carbocycles. The van der Waals surface area contributed by atoms with E-state index < -0.39 is 0 Å². The number of hydrogen-bond donors (Lipinski definition) is 2. The normalized spacial score (nSPS) is 11.8. The van der Waals surface area contributed by atoms with E-state index in [2.05, 4.69) is 36.3 Å². The average molecular weight is 382 g/mol. The monoisotopic (exact) mass is 381 g/mol. The Balaban J connectivity index is 2.01. The highest BCUT2D eigenvalue weighted by Gasteiger charge is 2.13. The summed E-state index contributed by atoms with van der Waals surface area (Å²) in [6, 6.07) is 15.5. The quantitative estimate of drug-likeness (QED) is 0.693. The predicted molar refractivity (Wildman–Crippen MR) is 116 cm³/mol. The number of amides is 2. The molecule has 2 N–H and O–H groups in total. The van der Waals surface area contributed by atoms with Crippen LogP contribution in [0.3, 0.4) is 0 Å². The smallest absolute Gasteiger partial charge is 0.251 e. The number of rotatable bonds is 8. The Bertz CT molecular complexity index is 782. The molecular formula is C23H31N3O2. The third kappa shape index (κ3) is 5.59. The fourth-order valence-electron chi connectivity index (χ4n) is 3.12. The van der Waals surface area contributed by atoms with Gasteiger partial charge < -0.3 is 15.5 Å². The highest BCUT2D eigenvalue weighted by Crippen LogP contribution is 2.20. The maximum atomic E-state index is 12.6. The number of hydrogen-bond acceptors (Lipinski definition) is 3. The Kier molecular flexibility index (Phi) is 7.61. The number of carbonyl (C=O) groups excluding carboxylic acids is 2. The van der Waals surface area contributed by atoms with E-state index in [9.17, 15) is 9.59 Å². The van der Waals surface area contributed by atoms with Gasteiger partial charge in [0, 0.05) is 35.9 Å². The van der Waals surface area contributed by atoms with Crippen molar-refractivity contribution in [3.8, 4) is 0 Å². The maximum absolute atomic E-state index is 12.6. The molecule has 0 heterocycles. The molecule has 150 valence electrons. The van der Waals surface area contributed by atoms with Gasteiger partial charge in [-0.25, -0.2) is 0 Å². The first-order valence-corrected chi connectivity index (χ1v) is 9.93. The molecule has 5 nitrogen and oxygen atoms in total. The van der Waals surface area contributed by atoms with Crippen molar-refractivity contribution in [2.75, 3.05) is 16.8 Å². The summed E-state index contributed by atoms with van der Waals surface area (Å²) in [7, 11) is 0. The molecule has 2 rings (SSSR count). The van der Waals surface area contributed by atoms with Gasteiger partial charge in [0.1, 0.15) is 0 Å². The highest BCUT2D eigenvalue weighted by molar-refractivity contribution is 5.94. The second kappa shape index (κ2) is 9.93. The second-order valence-corrected chi connectivity index (χ2v) is 7.15. The van der Waals surface area contributed by atoms with E-state index in [1.54, 1.807) is 0 Å². The summed E-state index contributed by atoms with van der Waals surface area (Å²) in [6.45, 7) is 11.1. The molecule has 0 saturated heterocycles. The van der Waals surface area contributed by atoms with Crippen molar-refractivity contribution in [1.29, 1.82) is 0 Å². The zero-order valence-corrected chi connectivity index (χ0v) is 17.5. The van der Waals surface area contributed by atoms with Crippen LogP contribution in [0.2, 0.25) is 0 Å². The molecule has 0 fully saturated rings. The Morgan fingerprint density at radius 1 is 0.929 bits per heavy atom. The zero-order chi connectivity index (χ0) is 20.7. The van der Waals surface area contributed by atoms with Crippen molar-refractivity contribution in [1.82, 2.24) is 5.32 Å². The first-order chi connectivity index (χ1) is 13.3. The fraction of sp³-hybridized carbons (Fsp3) is 0.391. The SMILES string of the molecule is CCC(=O)Nc1ccc(C(C)NC(=O)c2ccc(N(CC)C(C)C)cc2)cc1. The highest BCUT2D eigenvalue weighted by atomic mass is 16.2. The van der Waals surface area contributed by atoms with Crippen LogP contribution in [0.5, 0.6) is 0 Å². The van der Waals surface area contributed by atoms with Gasteiger partial charge in [0.2, 0.25) is 5.91 Å². The molecule has 5 heteroatoms. The summed E-state index contributed by atoms with van der Waals surface area (Å²) < 4.78 is 0. The van der Waals surface area contributed by atoms with Crippen LogP contribution in [-0.2, 0) is 4.79 Å². The largest absolute Gasteiger partial charge is 0.369 e. The van der Waals surface area contributed by atoms with Crippen LogP contribution in [0.25, 0.3) is 0 Å². The van der Waals surface area contributed by atoms with E-state index in [4.69, 9.17) is 0 Å². The van der Waals surface area contributed by atoms with Crippen molar-refractivity contribution in [2.24, 2.45) is 0 Å². The minimum absolute atomic E-state index is 0.0170. The predicted octanol–water partition coefficient (Wildman–Crippen LogP) is 4.76. The Morgan fingerprint density at radius 2 is 1.54 bits per heavy atom. The lowest BCUT2D eigenvalue weighted by Gasteiger charge is -2.27. The summed E-state index contributed by atoms with van der Waals surface area (Å²) in [4.78, 5) is 26.3. The minimum atomic E-state index is -0.133. The van der Waals surface area contributed by atoms with E-state index in [1.807, 2.05) is 62.4 Å². The number of anilines is 2. The third-order valence-electron chi connectivity index (χ3n) is 4.79. The number of benzene rings is 2. The summed E-state index contributed by atoms with van der Waals surface area (Å²) >= 11 is 0. The summed E-state index contributed by atoms with van der Waals surface area (Å²) in [5.41, 5.74) is 3.50. The van der Waals surface area contributed by atoms with Crippen molar-refractivity contribution in [3.05, 3.63) is 59.7 Å². The molecule has 2 aromatic carbocycles. The lowest BCUT2D eigenvalue weighted by atomic mass is 10.1. The Labute approximate surface area is 168 Å². The molecule has 0 aliphatic carbocycles. The molecule has 2 aromatic rings. The lowest BCUT2D eigenvalue weighted by molar-refractivity contribution is -0.115. The van der Waals surface area contributed by atoms with Gasteiger partial charge in [0.15, 0.2) is 0 Å². The van der Waals surface area contributed by atoms with Crippen molar-refractivity contribution in [3.63, 3.8) is 0 Å². The molecule has 0 aromatic heterocycles. The van der Waals surface area contributed by atoms with Gasteiger partial charge in [-0.2, -0.15) is 0 Å². The fourth-order valence-corrected chi connectivity index (χ4v) is 3.12. The first kappa shape index (κ1) is 21.5. The first-order valence-electron chi connectivity index (χ1n) is 9.93. The molecular weight excluding hydrogens is 350 g/mol. The number of nitrogens with zero attached hydrogens (tertiary/aromatic N) is 1. The van der Waals surface area contributed by atoms with E-state index >= 15 is 0 Å². The molecule has 1 unspecified atom stereocenters. The van der Waals surface area contributed by atoms with E-state index in [1.165, 1.54) is 0 Å². The molecule has 1 atom stereocenters. The van der Waals surface area contributed by atoms with E-state index in [-0.39, 0.29) is 17.9 Å². The Hall–Kier alpha value is -2.82. The van der Waals surface area contributed by atoms with Gasteiger partial charge in [-0.15, -0.1) is 0 Å². The molecule has 0 spiro atoms. The zero-order valence-electron chi connectivity index (χ0n) is 17.5. The molecule has 0 radical (unpaired) electrons. The lowest BCUT2D eigenvalue weighted by Crippen LogP contribution is -2.30. The van der Waals surface area contributed by atoms with E-state index in [0.29, 0.717) is 18.0 Å². The van der Waals surface area contributed by atoms with Crippen LogP contribution in [0.1, 0.15) is 63.0 Å². The average Bonchev–Trinajstić information content (AvgIpc) is 2.69. The van der Waals surface area contributed by atoms with Crippen LogP contribution in [0.15, 0.2) is 48.5 Å². The third-order valence-corrected chi connectivity index (χ3v) is 4.79. The Morgan fingerprint density at radius 3 is 2.04 bits per heavy atom. The number of carbonyl (C=O) groups is 2. The van der Waals surface area contributed by atoms with Crippen molar-refractivity contribution < 1.29 is 9.59 Å². The van der Waals surface area contributed by atoms with Crippen LogP contribution >= 0.6 is 0 Å².